The van der Waals surface area contributed by atoms with E-state index in [0.29, 0.717) is 16.6 Å². The zero-order valence-corrected chi connectivity index (χ0v) is 9.87. The molecule has 0 fully saturated rings. The monoisotopic (exact) mass is 290 g/mol. The van der Waals surface area contributed by atoms with Gasteiger partial charge in [-0.1, -0.05) is 59.5 Å². The van der Waals surface area contributed by atoms with Crippen molar-refractivity contribution in [3.05, 3.63) is 37.0 Å². The van der Waals surface area contributed by atoms with Crippen molar-refractivity contribution >= 4 is 28.4 Å². The van der Waals surface area contributed by atoms with Crippen molar-refractivity contribution in [2.24, 2.45) is 0 Å². The minimum Gasteiger partial charge on any atom is -0.299 e. The van der Waals surface area contributed by atoms with Crippen molar-refractivity contribution < 1.29 is 4.79 Å². The van der Waals surface area contributed by atoms with Gasteiger partial charge in [0, 0.05) is 6.42 Å². The molecule has 0 saturated heterocycles. The van der Waals surface area contributed by atoms with Crippen LogP contribution in [0.15, 0.2) is 37.0 Å². The zero-order chi connectivity index (χ0) is 9.94. The van der Waals surface area contributed by atoms with Gasteiger partial charge in [0.15, 0.2) is 0 Å². The second-order valence-corrected chi connectivity index (χ2v) is 3.38. The average Bonchev–Trinajstić information content (AvgIpc) is 2.16. The Labute approximate surface area is 93.7 Å². The second kappa shape index (κ2) is 9.71. The Balaban J connectivity index is 3.34. The Morgan fingerprint density at radius 3 is 2.69 bits per heavy atom. The minimum absolute atomic E-state index is 0.343. The summed E-state index contributed by atoms with van der Waals surface area (Å²) in [5.74, 6) is 0.343. The molecule has 72 valence electrons. The predicted molar refractivity (Wildman–Crippen MR) is 66.2 cm³/mol. The first-order valence-electron chi connectivity index (χ1n) is 4.33. The molecule has 0 bridgehead atoms. The van der Waals surface area contributed by atoms with Gasteiger partial charge < -0.3 is 0 Å². The molecular weight excluding hydrogens is 275 g/mol. The number of allylic oxidation sites excluding steroid dienone is 5. The molecule has 1 nitrogen and oxygen atoms in total. The molecule has 0 aliphatic rings. The molecule has 2 heteroatoms. The third-order valence-electron chi connectivity index (χ3n) is 1.47. The molecule has 0 amide bonds. The van der Waals surface area contributed by atoms with E-state index in [-0.39, 0.29) is 0 Å². The summed E-state index contributed by atoms with van der Waals surface area (Å²) in [6, 6.07) is 0. The Hall–Kier alpha value is -0.380. The molecule has 0 spiro atoms. The van der Waals surface area contributed by atoms with Gasteiger partial charge in [0.2, 0.25) is 0 Å². The van der Waals surface area contributed by atoms with Crippen LogP contribution in [0.4, 0.5) is 0 Å². The first-order valence-corrected chi connectivity index (χ1v) is 5.85. The summed E-state index contributed by atoms with van der Waals surface area (Å²) >= 11 is 2.10. The molecule has 0 aromatic carbocycles. The second-order valence-electron chi connectivity index (χ2n) is 2.61. The Kier molecular flexibility index (Phi) is 9.42. The van der Waals surface area contributed by atoms with E-state index in [1.165, 1.54) is 0 Å². The van der Waals surface area contributed by atoms with E-state index in [1.807, 2.05) is 18.2 Å². The molecule has 0 radical (unpaired) electrons. The lowest BCUT2D eigenvalue weighted by Gasteiger charge is -1.92. The zero-order valence-electron chi connectivity index (χ0n) is 7.71. The number of ketones is 1. The van der Waals surface area contributed by atoms with E-state index in [4.69, 9.17) is 0 Å². The fraction of sp³-hybridized carbons (Fsp3) is 0.364. The maximum absolute atomic E-state index is 10.9. The lowest BCUT2D eigenvalue weighted by Crippen LogP contribution is -1.96. The third-order valence-corrected chi connectivity index (χ3v) is 2.32. The van der Waals surface area contributed by atoms with Crippen LogP contribution in [0, 0.1) is 0 Å². The van der Waals surface area contributed by atoms with Crippen LogP contribution >= 0.6 is 22.6 Å². The normalized spacial score (nSPS) is 11.2. The van der Waals surface area contributed by atoms with Gasteiger partial charge in [-0.05, 0) is 12.8 Å². The van der Waals surface area contributed by atoms with E-state index in [2.05, 4.69) is 35.2 Å². The number of unbranched alkanes of at least 4 members (excludes halogenated alkanes) is 1. The molecule has 0 saturated carbocycles. The third kappa shape index (κ3) is 9.53. The summed E-state index contributed by atoms with van der Waals surface area (Å²) in [6.45, 7) is 3.56. The summed E-state index contributed by atoms with van der Waals surface area (Å²) in [5, 5.41) is 0. The van der Waals surface area contributed by atoms with Crippen LogP contribution in [0.3, 0.4) is 0 Å². The molecule has 0 aliphatic heterocycles. The van der Waals surface area contributed by atoms with Crippen LogP contribution in [-0.4, -0.2) is 10.2 Å². The number of hydrogen-bond acceptors (Lipinski definition) is 1. The lowest BCUT2D eigenvalue weighted by atomic mass is 10.2. The fourth-order valence-corrected chi connectivity index (χ4v) is 1.18. The topological polar surface area (TPSA) is 17.1 Å². The standard InChI is InChI=1S/C11H15IO/c1-2-3-4-5-6-7-8-9-11(13)10-12/h2-6H,1,7-10H2/b4-3-,6-5-. The molecule has 0 unspecified atom stereocenters. The van der Waals surface area contributed by atoms with Crippen LogP contribution < -0.4 is 0 Å². The number of Topliss-reactive ketones (excluding diaryl/α,β-unsaturated/α-hetero) is 1. The van der Waals surface area contributed by atoms with E-state index in [0.717, 1.165) is 12.8 Å². The van der Waals surface area contributed by atoms with Gasteiger partial charge in [0.05, 0.1) is 4.43 Å². The molecule has 0 rings (SSSR count). The molecule has 0 heterocycles. The highest BCUT2D eigenvalue weighted by Gasteiger charge is 1.95. The summed E-state index contributed by atoms with van der Waals surface area (Å²) in [7, 11) is 0. The number of carbonyl (C=O) groups is 1. The maximum atomic E-state index is 10.9. The average molecular weight is 290 g/mol. The fourth-order valence-electron chi connectivity index (χ4n) is 0.801. The van der Waals surface area contributed by atoms with Gasteiger partial charge >= 0.3 is 0 Å². The van der Waals surface area contributed by atoms with Gasteiger partial charge in [0.25, 0.3) is 0 Å². The highest BCUT2D eigenvalue weighted by molar-refractivity contribution is 14.1. The minimum atomic E-state index is 0.343. The molecule has 0 atom stereocenters. The van der Waals surface area contributed by atoms with Gasteiger partial charge in [0.1, 0.15) is 5.78 Å². The summed E-state index contributed by atoms with van der Waals surface area (Å²) < 4.78 is 0.637. The SMILES string of the molecule is C=C/C=C\C=C/CCCC(=O)CI. The van der Waals surface area contributed by atoms with Crippen LogP contribution in [0.25, 0.3) is 0 Å². The van der Waals surface area contributed by atoms with Crippen LogP contribution in [0.5, 0.6) is 0 Å². The molecule has 0 aromatic rings. The number of rotatable bonds is 7. The summed E-state index contributed by atoms with van der Waals surface area (Å²) in [6.07, 6.45) is 12.3. The van der Waals surface area contributed by atoms with Crippen molar-refractivity contribution in [1.82, 2.24) is 0 Å². The maximum Gasteiger partial charge on any atom is 0.142 e. The van der Waals surface area contributed by atoms with Gasteiger partial charge in [-0.3, -0.25) is 4.79 Å². The van der Waals surface area contributed by atoms with Crippen molar-refractivity contribution in [3.63, 3.8) is 0 Å². The first kappa shape index (κ1) is 12.6. The number of hydrogen-bond donors (Lipinski definition) is 0. The van der Waals surface area contributed by atoms with Crippen molar-refractivity contribution in [2.45, 2.75) is 19.3 Å². The lowest BCUT2D eigenvalue weighted by molar-refractivity contribution is -0.116. The Bertz CT molecular complexity index is 204. The van der Waals surface area contributed by atoms with E-state index in [1.54, 1.807) is 6.08 Å². The Morgan fingerprint density at radius 2 is 2.08 bits per heavy atom. The van der Waals surface area contributed by atoms with E-state index in [9.17, 15) is 4.79 Å². The number of alkyl halides is 1. The van der Waals surface area contributed by atoms with Crippen molar-refractivity contribution in [3.8, 4) is 0 Å². The Morgan fingerprint density at radius 1 is 1.31 bits per heavy atom. The number of halogens is 1. The van der Waals surface area contributed by atoms with E-state index >= 15 is 0 Å². The largest absolute Gasteiger partial charge is 0.299 e. The first-order chi connectivity index (χ1) is 6.31. The molecule has 13 heavy (non-hydrogen) atoms. The molecule has 0 aromatic heterocycles. The van der Waals surface area contributed by atoms with Crippen molar-refractivity contribution in [2.75, 3.05) is 4.43 Å². The summed E-state index contributed by atoms with van der Waals surface area (Å²) in [5.41, 5.74) is 0. The predicted octanol–water partition coefficient (Wildman–Crippen LogP) is 3.46. The summed E-state index contributed by atoms with van der Waals surface area (Å²) in [4.78, 5) is 10.9. The van der Waals surface area contributed by atoms with Crippen LogP contribution in [0.2, 0.25) is 0 Å². The molecule has 0 aliphatic carbocycles. The molecular formula is C11H15IO. The highest BCUT2D eigenvalue weighted by Crippen LogP contribution is 1.99. The van der Waals surface area contributed by atoms with Crippen LogP contribution in [-0.2, 0) is 4.79 Å². The number of carbonyl (C=O) groups excluding carboxylic acids is 1. The highest BCUT2D eigenvalue weighted by atomic mass is 127. The van der Waals surface area contributed by atoms with Gasteiger partial charge in [-0.2, -0.15) is 0 Å². The van der Waals surface area contributed by atoms with Gasteiger partial charge in [-0.15, -0.1) is 0 Å². The quantitative estimate of drug-likeness (QED) is 0.304. The van der Waals surface area contributed by atoms with Crippen LogP contribution in [0.1, 0.15) is 19.3 Å². The van der Waals surface area contributed by atoms with E-state index < -0.39 is 0 Å². The molecule has 0 N–H and O–H groups in total. The smallest absolute Gasteiger partial charge is 0.142 e. The van der Waals surface area contributed by atoms with Crippen molar-refractivity contribution in [1.29, 1.82) is 0 Å². The van der Waals surface area contributed by atoms with Gasteiger partial charge in [-0.25, -0.2) is 0 Å².